The lowest BCUT2D eigenvalue weighted by molar-refractivity contribution is -0.119. The van der Waals surface area contributed by atoms with Gasteiger partial charge in [0.05, 0.1) is 16.1 Å². The molecule has 0 saturated heterocycles. The number of rotatable bonds is 3. The fourth-order valence-corrected chi connectivity index (χ4v) is 3.96. The number of hydrogen-bond acceptors (Lipinski definition) is 5. The van der Waals surface area contributed by atoms with E-state index >= 15 is 0 Å². The second-order valence-corrected chi connectivity index (χ2v) is 8.47. The molecule has 8 nitrogen and oxygen atoms in total. The van der Waals surface area contributed by atoms with Crippen LogP contribution in [0, 0.1) is 6.92 Å². The average molecular weight is 431 g/mol. The maximum absolute atomic E-state index is 12.5. The third-order valence-electron chi connectivity index (χ3n) is 5.50. The van der Waals surface area contributed by atoms with Gasteiger partial charge in [-0.25, -0.2) is 14.8 Å². The van der Waals surface area contributed by atoms with Crippen molar-refractivity contribution in [1.82, 2.24) is 0 Å². The first-order valence-electron chi connectivity index (χ1n) is 10.4. The van der Waals surface area contributed by atoms with Crippen molar-refractivity contribution in [3.05, 3.63) is 68.7 Å². The number of guanidine groups is 1. The Balaban J connectivity index is 1.48. The Bertz CT molecular complexity index is 1450. The summed E-state index contributed by atoms with van der Waals surface area (Å²) in [5, 5.41) is 1.99. The number of para-hydroxylation sites is 2. The molecule has 0 aliphatic carbocycles. The van der Waals surface area contributed by atoms with Crippen molar-refractivity contribution in [2.75, 3.05) is 6.61 Å². The van der Waals surface area contributed by atoms with E-state index in [0.717, 1.165) is 12.0 Å². The number of nitrogens with zero attached hydrogens (tertiary/aromatic N) is 3. The van der Waals surface area contributed by atoms with Crippen LogP contribution in [0.15, 0.2) is 60.6 Å². The Kier molecular flexibility index (Phi) is 4.65. The molecule has 0 atom stereocenters. The predicted octanol–water partition coefficient (Wildman–Crippen LogP) is 2.42. The zero-order chi connectivity index (χ0) is 22.5. The second kappa shape index (κ2) is 7.40. The van der Waals surface area contributed by atoms with Gasteiger partial charge in [-0.1, -0.05) is 12.1 Å². The summed E-state index contributed by atoms with van der Waals surface area (Å²) in [6, 6.07) is 10.5. The summed E-state index contributed by atoms with van der Waals surface area (Å²) >= 11 is 0. The summed E-state index contributed by atoms with van der Waals surface area (Å²) in [5.74, 6) is 0.562. The fraction of sp³-hybridized carbons (Fsp3) is 0.292. The molecule has 5 rings (SSSR count). The van der Waals surface area contributed by atoms with Crippen LogP contribution in [-0.4, -0.2) is 24.1 Å². The quantitative estimate of drug-likeness (QED) is 0.593. The van der Waals surface area contributed by atoms with Crippen molar-refractivity contribution in [3.63, 3.8) is 0 Å². The van der Waals surface area contributed by atoms with Gasteiger partial charge in [0.25, 0.3) is 11.9 Å². The molecule has 2 aliphatic rings. The molecule has 0 saturated carbocycles. The number of carbonyl (C=O) groups is 1. The highest BCUT2D eigenvalue weighted by Crippen LogP contribution is 2.42. The molecule has 0 fully saturated rings. The van der Waals surface area contributed by atoms with Gasteiger partial charge < -0.3 is 13.9 Å². The van der Waals surface area contributed by atoms with E-state index in [1.54, 1.807) is 18.2 Å². The van der Waals surface area contributed by atoms with Crippen LogP contribution in [0.3, 0.4) is 0 Å². The number of amides is 1. The van der Waals surface area contributed by atoms with Gasteiger partial charge in [-0.3, -0.25) is 4.79 Å². The minimum atomic E-state index is -0.525. The molecule has 2 aliphatic heterocycles. The minimum Gasteiger partial charge on any atom is -0.487 e. The van der Waals surface area contributed by atoms with Gasteiger partial charge in [-0.15, -0.1) is 0 Å². The van der Waals surface area contributed by atoms with Crippen LogP contribution in [0.2, 0.25) is 0 Å². The van der Waals surface area contributed by atoms with Crippen LogP contribution in [0.1, 0.15) is 31.4 Å². The Morgan fingerprint density at radius 3 is 2.62 bits per heavy atom. The van der Waals surface area contributed by atoms with Crippen molar-refractivity contribution in [2.24, 2.45) is 15.0 Å². The van der Waals surface area contributed by atoms with E-state index in [1.807, 2.05) is 32.9 Å². The maximum atomic E-state index is 12.5. The average Bonchev–Trinajstić information content (AvgIpc) is 3.12. The largest absolute Gasteiger partial charge is 0.487 e. The number of fused-ring (bicyclic) bond motifs is 4. The zero-order valence-corrected chi connectivity index (χ0v) is 18.0. The summed E-state index contributed by atoms with van der Waals surface area (Å²) < 4.78 is 17.5. The zero-order valence-electron chi connectivity index (χ0n) is 18.0. The van der Waals surface area contributed by atoms with E-state index < -0.39 is 11.5 Å². The van der Waals surface area contributed by atoms with Crippen LogP contribution in [0.25, 0.3) is 11.0 Å². The first kappa shape index (κ1) is 20.1. The number of ether oxygens (including phenoxy) is 2. The molecule has 0 bridgehead atoms. The van der Waals surface area contributed by atoms with Crippen molar-refractivity contribution >= 4 is 22.8 Å². The molecule has 0 N–H and O–H groups in total. The smallest absolute Gasteiger partial charge is 0.336 e. The predicted molar refractivity (Wildman–Crippen MR) is 117 cm³/mol. The SMILES string of the molecule is Cc1cc(=O)oc2c3c(cc(OCC(=O)N=C4N=c5ccccc5=N4)c12)OC(C)(C)CC3. The van der Waals surface area contributed by atoms with Gasteiger partial charge in [0, 0.05) is 17.7 Å². The molecule has 0 radical (unpaired) electrons. The van der Waals surface area contributed by atoms with E-state index in [-0.39, 0.29) is 18.2 Å². The van der Waals surface area contributed by atoms with Crippen molar-refractivity contribution in [3.8, 4) is 11.5 Å². The lowest BCUT2D eigenvalue weighted by Crippen LogP contribution is -2.32. The van der Waals surface area contributed by atoms with Crippen LogP contribution in [0.5, 0.6) is 11.5 Å². The third-order valence-corrected chi connectivity index (χ3v) is 5.50. The molecule has 1 aromatic heterocycles. The summed E-state index contributed by atoms with van der Waals surface area (Å²) in [6.07, 6.45) is 1.50. The van der Waals surface area contributed by atoms with Crippen molar-refractivity contribution in [2.45, 2.75) is 39.2 Å². The summed E-state index contributed by atoms with van der Waals surface area (Å²) in [6.45, 7) is 5.49. The monoisotopic (exact) mass is 431 g/mol. The highest BCUT2D eigenvalue weighted by atomic mass is 16.5. The molecule has 3 aromatic rings. The molecular weight excluding hydrogens is 410 g/mol. The van der Waals surface area contributed by atoms with E-state index in [2.05, 4.69) is 15.0 Å². The first-order chi connectivity index (χ1) is 15.3. The Hall–Kier alpha value is -3.81. The molecule has 162 valence electrons. The molecule has 2 aromatic carbocycles. The molecule has 3 heterocycles. The molecule has 0 spiro atoms. The van der Waals surface area contributed by atoms with Crippen LogP contribution in [0.4, 0.5) is 0 Å². The number of hydrogen-bond donors (Lipinski definition) is 0. The van der Waals surface area contributed by atoms with Gasteiger partial charge in [0.1, 0.15) is 22.7 Å². The second-order valence-electron chi connectivity index (χ2n) is 8.47. The Morgan fingerprint density at radius 2 is 1.91 bits per heavy atom. The third kappa shape index (κ3) is 3.68. The highest BCUT2D eigenvalue weighted by Gasteiger charge is 2.30. The standard InChI is InChI=1S/C24H21N3O5/c1-13-10-20(29)31-22-14-8-9-24(2,3)32-17(14)11-18(21(13)22)30-12-19(28)27-23-25-15-6-4-5-7-16(15)26-23/h4-7,10-11H,8-9,12H2,1-3H3. The fourth-order valence-electron chi connectivity index (χ4n) is 3.96. The highest BCUT2D eigenvalue weighted by molar-refractivity contribution is 5.96. The van der Waals surface area contributed by atoms with Crippen molar-refractivity contribution in [1.29, 1.82) is 0 Å². The number of carbonyl (C=O) groups excluding carboxylic acids is 1. The van der Waals surface area contributed by atoms with E-state index in [0.29, 0.717) is 45.2 Å². The Labute approximate surface area is 182 Å². The van der Waals surface area contributed by atoms with Crippen LogP contribution >= 0.6 is 0 Å². The minimum absolute atomic E-state index is 0.0994. The van der Waals surface area contributed by atoms with Crippen LogP contribution < -0.4 is 25.8 Å². The Morgan fingerprint density at radius 1 is 1.19 bits per heavy atom. The van der Waals surface area contributed by atoms with Gasteiger partial charge >= 0.3 is 5.63 Å². The number of aliphatic imine (C=N–C) groups is 1. The lowest BCUT2D eigenvalue weighted by atomic mass is 9.92. The van der Waals surface area contributed by atoms with E-state index in [4.69, 9.17) is 13.9 Å². The molecule has 8 heteroatoms. The number of aryl methyl sites for hydroxylation is 2. The number of benzene rings is 2. The maximum Gasteiger partial charge on any atom is 0.336 e. The lowest BCUT2D eigenvalue weighted by Gasteiger charge is -2.33. The molecular formula is C24H21N3O5. The summed E-state index contributed by atoms with van der Waals surface area (Å²) in [5.41, 5.74) is 1.18. The summed E-state index contributed by atoms with van der Waals surface area (Å²) in [7, 11) is 0. The van der Waals surface area contributed by atoms with Gasteiger partial charge in [-0.05, 0) is 51.3 Å². The van der Waals surface area contributed by atoms with E-state index in [9.17, 15) is 9.59 Å². The van der Waals surface area contributed by atoms with Gasteiger partial charge in [-0.2, -0.15) is 4.99 Å². The molecule has 32 heavy (non-hydrogen) atoms. The summed E-state index contributed by atoms with van der Waals surface area (Å²) in [4.78, 5) is 36.9. The van der Waals surface area contributed by atoms with Gasteiger partial charge in [0.15, 0.2) is 6.61 Å². The topological polar surface area (TPSA) is 103 Å². The van der Waals surface area contributed by atoms with E-state index in [1.165, 1.54) is 6.07 Å². The first-order valence-corrected chi connectivity index (χ1v) is 10.4. The molecule has 1 amide bonds. The van der Waals surface area contributed by atoms with Gasteiger partial charge in [0.2, 0.25) is 0 Å². The normalized spacial score (nSPS) is 15.8. The van der Waals surface area contributed by atoms with Crippen molar-refractivity contribution < 1.29 is 18.7 Å². The van der Waals surface area contributed by atoms with Crippen LogP contribution in [-0.2, 0) is 11.2 Å². The molecule has 0 unspecified atom stereocenters.